The molecule has 1 nitrogen and oxygen atoms in total. The maximum absolute atomic E-state index is 13.1. The molecule has 20 heavy (non-hydrogen) atoms. The van der Waals surface area contributed by atoms with Crippen molar-refractivity contribution < 1.29 is 4.39 Å². The molecule has 1 unspecified atom stereocenters. The fourth-order valence-corrected chi connectivity index (χ4v) is 2.96. The van der Waals surface area contributed by atoms with E-state index in [0.29, 0.717) is 20.8 Å². The third-order valence-electron chi connectivity index (χ3n) is 2.84. The van der Waals surface area contributed by atoms with Gasteiger partial charge in [0, 0.05) is 9.50 Å². The van der Waals surface area contributed by atoms with Crippen LogP contribution in [0.1, 0.15) is 18.5 Å². The first-order valence-corrected chi connectivity index (χ1v) is 7.68. The minimum atomic E-state index is -0.365. The van der Waals surface area contributed by atoms with E-state index in [4.69, 9.17) is 34.8 Å². The van der Waals surface area contributed by atoms with E-state index in [1.165, 1.54) is 12.1 Å². The van der Waals surface area contributed by atoms with Gasteiger partial charge in [-0.2, -0.15) is 0 Å². The molecule has 2 aromatic carbocycles. The summed E-state index contributed by atoms with van der Waals surface area (Å²) in [6.45, 7) is 1.91. The molecule has 0 radical (unpaired) electrons. The van der Waals surface area contributed by atoms with Gasteiger partial charge in [0.1, 0.15) is 5.82 Å². The zero-order valence-electron chi connectivity index (χ0n) is 10.4. The first-order chi connectivity index (χ1) is 9.40. The average molecular weight is 398 g/mol. The van der Waals surface area contributed by atoms with Crippen molar-refractivity contribution in [3.05, 3.63) is 61.3 Å². The molecular weight excluding hydrogens is 387 g/mol. The molecule has 0 aliphatic rings. The Bertz CT molecular complexity index is 649. The maximum Gasteiger partial charge on any atom is 0.124 e. The summed E-state index contributed by atoms with van der Waals surface area (Å²) in [5, 5.41) is 4.44. The van der Waals surface area contributed by atoms with E-state index in [9.17, 15) is 4.39 Å². The van der Waals surface area contributed by atoms with Crippen molar-refractivity contribution >= 4 is 56.4 Å². The van der Waals surface area contributed by atoms with Crippen molar-refractivity contribution in [1.29, 1.82) is 0 Å². The Morgan fingerprint density at radius 3 is 2.45 bits per heavy atom. The highest BCUT2D eigenvalue weighted by Gasteiger charge is 2.14. The van der Waals surface area contributed by atoms with Gasteiger partial charge >= 0.3 is 0 Å². The van der Waals surface area contributed by atoms with Crippen molar-refractivity contribution in [1.82, 2.24) is 0 Å². The molecule has 0 fully saturated rings. The largest absolute Gasteiger partial charge is 0.377 e. The summed E-state index contributed by atoms with van der Waals surface area (Å²) >= 11 is 21.6. The number of benzene rings is 2. The smallest absolute Gasteiger partial charge is 0.124 e. The molecule has 2 aromatic rings. The third kappa shape index (κ3) is 3.40. The third-order valence-corrected chi connectivity index (χ3v) is 4.93. The van der Waals surface area contributed by atoms with Crippen LogP contribution >= 0.6 is 50.7 Å². The fourth-order valence-electron chi connectivity index (χ4n) is 1.80. The SMILES string of the molecule is CC(Nc1ccc(Br)c(Cl)c1Cl)c1ccc(F)cc1Cl. The Morgan fingerprint density at radius 2 is 1.80 bits per heavy atom. The van der Waals surface area contributed by atoms with Gasteiger partial charge < -0.3 is 5.32 Å². The Balaban J connectivity index is 2.28. The quantitative estimate of drug-likeness (QED) is 0.567. The van der Waals surface area contributed by atoms with E-state index in [0.717, 1.165) is 10.0 Å². The van der Waals surface area contributed by atoms with E-state index in [-0.39, 0.29) is 11.9 Å². The summed E-state index contributed by atoms with van der Waals surface area (Å²) < 4.78 is 13.8. The van der Waals surface area contributed by atoms with Gasteiger partial charge in [-0.15, -0.1) is 0 Å². The van der Waals surface area contributed by atoms with Gasteiger partial charge in [-0.1, -0.05) is 40.9 Å². The molecule has 1 N–H and O–H groups in total. The van der Waals surface area contributed by atoms with Crippen molar-refractivity contribution in [2.45, 2.75) is 13.0 Å². The van der Waals surface area contributed by atoms with Gasteiger partial charge in [0.25, 0.3) is 0 Å². The van der Waals surface area contributed by atoms with Crippen LogP contribution in [0, 0.1) is 5.82 Å². The molecule has 0 aliphatic heterocycles. The van der Waals surface area contributed by atoms with Crippen molar-refractivity contribution in [2.24, 2.45) is 0 Å². The second kappa shape index (κ2) is 6.52. The summed E-state index contributed by atoms with van der Waals surface area (Å²) in [7, 11) is 0. The number of hydrogen-bond donors (Lipinski definition) is 1. The predicted molar refractivity (Wildman–Crippen MR) is 87.6 cm³/mol. The number of nitrogens with one attached hydrogen (secondary N) is 1. The standard InChI is InChI=1S/C14H10BrCl3FN/c1-7(9-3-2-8(19)6-11(9)16)20-12-5-4-10(15)13(17)14(12)18/h2-7,20H,1H3. The number of anilines is 1. The van der Waals surface area contributed by atoms with Crippen LogP contribution in [0.2, 0.25) is 15.1 Å². The van der Waals surface area contributed by atoms with E-state index in [2.05, 4.69) is 21.2 Å². The molecule has 0 heterocycles. The van der Waals surface area contributed by atoms with Crippen LogP contribution in [-0.4, -0.2) is 0 Å². The minimum Gasteiger partial charge on any atom is -0.377 e. The van der Waals surface area contributed by atoms with E-state index >= 15 is 0 Å². The summed E-state index contributed by atoms with van der Waals surface area (Å²) in [5.41, 5.74) is 1.47. The van der Waals surface area contributed by atoms with Gasteiger partial charge in [-0.25, -0.2) is 4.39 Å². The molecule has 106 valence electrons. The number of rotatable bonds is 3. The summed E-state index contributed by atoms with van der Waals surface area (Å²) in [4.78, 5) is 0. The highest BCUT2D eigenvalue weighted by Crippen LogP contribution is 2.37. The molecule has 0 aliphatic carbocycles. The molecule has 0 spiro atoms. The first kappa shape index (κ1) is 15.9. The zero-order chi connectivity index (χ0) is 14.9. The topological polar surface area (TPSA) is 12.0 Å². The predicted octanol–water partition coefficient (Wildman–Crippen LogP) is 6.72. The lowest BCUT2D eigenvalue weighted by molar-refractivity contribution is 0.626. The van der Waals surface area contributed by atoms with Crippen LogP contribution in [0.5, 0.6) is 0 Å². The van der Waals surface area contributed by atoms with Crippen molar-refractivity contribution in [2.75, 3.05) is 5.32 Å². The fraction of sp³-hybridized carbons (Fsp3) is 0.143. The molecule has 0 aromatic heterocycles. The van der Waals surface area contributed by atoms with Crippen LogP contribution in [0.15, 0.2) is 34.8 Å². The summed E-state index contributed by atoms with van der Waals surface area (Å²) in [5.74, 6) is -0.365. The van der Waals surface area contributed by atoms with Crippen LogP contribution < -0.4 is 5.32 Å². The molecule has 0 saturated carbocycles. The number of halogens is 5. The molecule has 0 saturated heterocycles. The molecule has 6 heteroatoms. The molecule has 1 atom stereocenters. The number of hydrogen-bond acceptors (Lipinski definition) is 1. The maximum atomic E-state index is 13.1. The highest BCUT2D eigenvalue weighted by atomic mass is 79.9. The van der Waals surface area contributed by atoms with E-state index in [1.54, 1.807) is 12.1 Å². The van der Waals surface area contributed by atoms with Crippen molar-refractivity contribution in [3.8, 4) is 0 Å². The Labute approximate surface area is 140 Å². The Hall–Kier alpha value is -0.480. The normalized spacial score (nSPS) is 12.3. The Morgan fingerprint density at radius 1 is 1.10 bits per heavy atom. The molecule has 0 bridgehead atoms. The molecular formula is C14H10BrCl3FN. The van der Waals surface area contributed by atoms with Crippen LogP contribution in [0.3, 0.4) is 0 Å². The summed E-state index contributed by atoms with van der Waals surface area (Å²) in [6.07, 6.45) is 0. The summed E-state index contributed by atoms with van der Waals surface area (Å²) in [6, 6.07) is 7.77. The van der Waals surface area contributed by atoms with Gasteiger partial charge in [0.15, 0.2) is 0 Å². The van der Waals surface area contributed by atoms with Gasteiger partial charge in [-0.05, 0) is 52.7 Å². The van der Waals surface area contributed by atoms with E-state index < -0.39 is 0 Å². The highest BCUT2D eigenvalue weighted by molar-refractivity contribution is 9.10. The molecule has 2 rings (SSSR count). The first-order valence-electron chi connectivity index (χ1n) is 5.75. The lowest BCUT2D eigenvalue weighted by Gasteiger charge is -2.18. The average Bonchev–Trinajstić information content (AvgIpc) is 2.39. The van der Waals surface area contributed by atoms with Crippen molar-refractivity contribution in [3.63, 3.8) is 0 Å². The monoisotopic (exact) mass is 395 g/mol. The molecule has 0 amide bonds. The lowest BCUT2D eigenvalue weighted by atomic mass is 10.1. The van der Waals surface area contributed by atoms with Crippen LogP contribution in [0.25, 0.3) is 0 Å². The van der Waals surface area contributed by atoms with E-state index in [1.807, 2.05) is 13.0 Å². The van der Waals surface area contributed by atoms with Gasteiger partial charge in [0.05, 0.1) is 21.8 Å². The zero-order valence-corrected chi connectivity index (χ0v) is 14.2. The Kier molecular flexibility index (Phi) is 5.19. The second-order valence-electron chi connectivity index (χ2n) is 4.25. The minimum absolute atomic E-state index is 0.141. The second-order valence-corrected chi connectivity index (χ2v) is 6.27. The van der Waals surface area contributed by atoms with Crippen LogP contribution in [-0.2, 0) is 0 Å². The van der Waals surface area contributed by atoms with Gasteiger partial charge in [0.2, 0.25) is 0 Å². The lowest BCUT2D eigenvalue weighted by Crippen LogP contribution is -2.08. The van der Waals surface area contributed by atoms with Crippen LogP contribution in [0.4, 0.5) is 10.1 Å². The van der Waals surface area contributed by atoms with Gasteiger partial charge in [-0.3, -0.25) is 0 Å².